The van der Waals surface area contributed by atoms with Gasteiger partial charge in [0.15, 0.2) is 17.3 Å². The van der Waals surface area contributed by atoms with Gasteiger partial charge in [-0.2, -0.15) is 18.2 Å². The summed E-state index contributed by atoms with van der Waals surface area (Å²) in [5.41, 5.74) is -0.155. The van der Waals surface area contributed by atoms with Gasteiger partial charge >= 0.3 is 0 Å². The maximum atomic E-state index is 12.6. The number of nitrogens with zero attached hydrogens (tertiary/aromatic N) is 3. The molecule has 4 rings (SSSR count). The van der Waals surface area contributed by atoms with Crippen LogP contribution in [0.5, 0.6) is 11.5 Å². The minimum absolute atomic E-state index is 0.0572. The van der Waals surface area contributed by atoms with Gasteiger partial charge in [0.2, 0.25) is 0 Å². The number of hydrogen-bond acceptors (Lipinski definition) is 7. The van der Waals surface area contributed by atoms with Gasteiger partial charge in [-0.25, -0.2) is 9.82 Å². The topological polar surface area (TPSA) is 129 Å². The summed E-state index contributed by atoms with van der Waals surface area (Å²) in [6, 6.07) is 3.33. The van der Waals surface area contributed by atoms with Crippen molar-refractivity contribution in [2.75, 3.05) is 32.2 Å². The van der Waals surface area contributed by atoms with Crippen LogP contribution in [0.1, 0.15) is 12.8 Å². The molecule has 0 radical (unpaired) electrons. The Morgan fingerprint density at radius 3 is 2.29 bits per heavy atom. The third-order valence-corrected chi connectivity index (χ3v) is 6.24. The molecular weight excluding hydrogens is 386 g/mol. The number of hydrogen-bond donors (Lipinski definition) is 2. The third-order valence-electron chi connectivity index (χ3n) is 5.58. The summed E-state index contributed by atoms with van der Waals surface area (Å²) in [5.74, 6) is 1.72. The molecule has 0 bridgehead atoms. The van der Waals surface area contributed by atoms with Crippen LogP contribution in [0.4, 0.5) is 5.82 Å². The highest BCUT2D eigenvalue weighted by Crippen LogP contribution is 2.50. The van der Waals surface area contributed by atoms with E-state index in [0.717, 1.165) is 25.9 Å². The Bertz CT molecular complexity index is 1100. The zero-order valence-electron chi connectivity index (χ0n) is 15.9. The molecule has 1 aromatic heterocycles. The average molecular weight is 409 g/mol. The number of aromatic nitrogens is 2. The van der Waals surface area contributed by atoms with Gasteiger partial charge in [0.1, 0.15) is 0 Å². The zero-order chi connectivity index (χ0) is 20.3. The lowest BCUT2D eigenvalue weighted by molar-refractivity contribution is 0.0584. The molecule has 10 nitrogen and oxygen atoms in total. The fourth-order valence-corrected chi connectivity index (χ4v) is 4.99. The Morgan fingerprint density at radius 2 is 1.75 bits per heavy atom. The second-order valence-electron chi connectivity index (χ2n) is 7.63. The van der Waals surface area contributed by atoms with E-state index >= 15 is 0 Å². The van der Waals surface area contributed by atoms with E-state index in [9.17, 15) is 13.2 Å². The first-order valence-electron chi connectivity index (χ1n) is 8.83. The minimum Gasteiger partial charge on any atom is -0.493 e. The van der Waals surface area contributed by atoms with E-state index in [2.05, 4.69) is 14.7 Å². The normalized spacial score (nSPS) is 18.8. The molecule has 2 aromatic rings. The van der Waals surface area contributed by atoms with Gasteiger partial charge in [-0.3, -0.25) is 4.79 Å². The summed E-state index contributed by atoms with van der Waals surface area (Å²) < 4.78 is 36.8. The Kier molecular flexibility index (Phi) is 4.28. The molecule has 11 heteroatoms. The molecule has 1 aliphatic heterocycles. The van der Waals surface area contributed by atoms with Crippen molar-refractivity contribution < 1.29 is 17.9 Å². The molecule has 3 N–H and O–H groups in total. The van der Waals surface area contributed by atoms with Crippen molar-refractivity contribution in [1.29, 1.82) is 0 Å². The molecule has 1 saturated carbocycles. The summed E-state index contributed by atoms with van der Waals surface area (Å²) in [4.78, 5) is 14.7. The molecular formula is C17H23N5O5S. The van der Waals surface area contributed by atoms with Gasteiger partial charge in [-0.05, 0) is 25.0 Å². The number of aryl methyl sites for hydroxylation is 1. The monoisotopic (exact) mass is 409 g/mol. The van der Waals surface area contributed by atoms with E-state index in [4.69, 9.17) is 14.6 Å². The Morgan fingerprint density at radius 1 is 1.18 bits per heavy atom. The molecule has 28 heavy (non-hydrogen) atoms. The molecule has 1 saturated heterocycles. The number of nitrogens with one attached hydrogen (secondary N) is 1. The van der Waals surface area contributed by atoms with Crippen LogP contribution in [-0.4, -0.2) is 51.5 Å². The van der Waals surface area contributed by atoms with Crippen molar-refractivity contribution in [2.24, 2.45) is 17.6 Å². The molecule has 0 unspecified atom stereocenters. The van der Waals surface area contributed by atoms with Crippen LogP contribution in [0.3, 0.4) is 0 Å². The summed E-state index contributed by atoms with van der Waals surface area (Å²) in [5, 5.41) is 10.7. The second-order valence-corrected chi connectivity index (χ2v) is 8.95. The maximum Gasteiger partial charge on any atom is 0.274 e. The molecule has 152 valence electrons. The summed E-state index contributed by atoms with van der Waals surface area (Å²) in [6.07, 6.45) is 1.47. The molecule has 0 amide bonds. The fourth-order valence-electron chi connectivity index (χ4n) is 4.36. The predicted octanol–water partition coefficient (Wildman–Crippen LogP) is -0.287. The average Bonchev–Trinajstić information content (AvgIpc) is 2.57. The van der Waals surface area contributed by atoms with Crippen molar-refractivity contribution in [1.82, 2.24) is 14.5 Å². The number of fused-ring (bicyclic) bond motifs is 1. The standard InChI is InChI=1S/C17H23N5O5S/c1-21-16(23)12-5-14(27-3)13(26-2)4-11(12)15(19-21)22-8-17(9-22)6-10(7-17)20-28(18,24)25/h4-5,10,20H,6-9H2,1-3H3,(H2,18,24,25). The second kappa shape index (κ2) is 6.33. The summed E-state index contributed by atoms with van der Waals surface area (Å²) in [6.45, 7) is 1.48. The first kappa shape index (κ1) is 19.0. The van der Waals surface area contributed by atoms with Gasteiger partial charge in [-0.15, -0.1) is 0 Å². The van der Waals surface area contributed by atoms with Crippen LogP contribution in [0.2, 0.25) is 0 Å². The first-order valence-corrected chi connectivity index (χ1v) is 10.4. The number of ether oxygens (including phenoxy) is 2. The van der Waals surface area contributed by atoms with Crippen molar-refractivity contribution in [3.05, 3.63) is 22.5 Å². The van der Waals surface area contributed by atoms with Crippen LogP contribution in [0.25, 0.3) is 10.8 Å². The molecule has 1 spiro atoms. The lowest BCUT2D eigenvalue weighted by atomic mass is 9.61. The van der Waals surface area contributed by atoms with E-state index in [1.54, 1.807) is 26.3 Å². The van der Waals surface area contributed by atoms with Crippen molar-refractivity contribution in [3.8, 4) is 11.5 Å². The molecule has 1 aromatic carbocycles. The van der Waals surface area contributed by atoms with Crippen LogP contribution in [0, 0.1) is 5.41 Å². The lowest BCUT2D eigenvalue weighted by Crippen LogP contribution is -2.67. The van der Waals surface area contributed by atoms with Gasteiger partial charge in [0.25, 0.3) is 15.8 Å². The smallest absolute Gasteiger partial charge is 0.274 e. The van der Waals surface area contributed by atoms with Crippen molar-refractivity contribution in [2.45, 2.75) is 18.9 Å². The van der Waals surface area contributed by atoms with Crippen LogP contribution >= 0.6 is 0 Å². The van der Waals surface area contributed by atoms with Gasteiger partial charge < -0.3 is 14.4 Å². The molecule has 2 aliphatic rings. The number of nitrogens with two attached hydrogens (primary N) is 1. The molecule has 1 aliphatic carbocycles. The zero-order valence-corrected chi connectivity index (χ0v) is 16.7. The van der Waals surface area contributed by atoms with E-state index in [-0.39, 0.29) is 17.0 Å². The highest BCUT2D eigenvalue weighted by molar-refractivity contribution is 7.87. The predicted molar refractivity (Wildman–Crippen MR) is 104 cm³/mol. The fraction of sp³-hybridized carbons (Fsp3) is 0.529. The number of rotatable bonds is 5. The summed E-state index contributed by atoms with van der Waals surface area (Å²) >= 11 is 0. The molecule has 0 atom stereocenters. The summed E-state index contributed by atoms with van der Waals surface area (Å²) in [7, 11) is 1.01. The highest BCUT2D eigenvalue weighted by atomic mass is 32.2. The van der Waals surface area contributed by atoms with Crippen LogP contribution in [-0.2, 0) is 17.3 Å². The molecule has 2 heterocycles. The molecule has 2 fully saturated rings. The quantitative estimate of drug-likeness (QED) is 0.694. The van der Waals surface area contributed by atoms with Crippen molar-refractivity contribution in [3.63, 3.8) is 0 Å². The van der Waals surface area contributed by atoms with Crippen LogP contribution in [0.15, 0.2) is 16.9 Å². The Labute approximate surface area is 162 Å². The maximum absolute atomic E-state index is 12.6. The first-order chi connectivity index (χ1) is 13.1. The number of anilines is 1. The number of methoxy groups -OCH3 is 2. The number of benzene rings is 1. The Hall–Kier alpha value is -2.37. The van der Waals surface area contributed by atoms with E-state index < -0.39 is 10.2 Å². The van der Waals surface area contributed by atoms with Gasteiger partial charge in [0, 0.05) is 37.0 Å². The van der Waals surface area contributed by atoms with E-state index in [0.29, 0.717) is 28.1 Å². The SMILES string of the molecule is COc1cc2c(N3CC4(CC(NS(N)(=O)=O)C4)C3)nn(C)c(=O)c2cc1OC. The highest BCUT2D eigenvalue weighted by Gasteiger charge is 2.53. The van der Waals surface area contributed by atoms with Crippen LogP contribution < -0.4 is 29.8 Å². The van der Waals surface area contributed by atoms with Gasteiger partial charge in [-0.1, -0.05) is 0 Å². The van der Waals surface area contributed by atoms with E-state index in [1.165, 1.54) is 11.8 Å². The van der Waals surface area contributed by atoms with Crippen molar-refractivity contribution >= 4 is 26.8 Å². The Balaban J connectivity index is 1.62. The third kappa shape index (κ3) is 3.09. The van der Waals surface area contributed by atoms with Gasteiger partial charge in [0.05, 0.1) is 19.6 Å². The largest absolute Gasteiger partial charge is 0.493 e. The lowest BCUT2D eigenvalue weighted by Gasteiger charge is -2.59. The van der Waals surface area contributed by atoms with E-state index in [1.807, 2.05) is 0 Å². The minimum atomic E-state index is -3.68.